The summed E-state index contributed by atoms with van der Waals surface area (Å²) < 4.78 is 42.2. The fourth-order valence-electron chi connectivity index (χ4n) is 2.63. The molecule has 0 aromatic carbocycles. The van der Waals surface area contributed by atoms with E-state index in [4.69, 9.17) is 0 Å². The summed E-state index contributed by atoms with van der Waals surface area (Å²) in [6, 6.07) is 1.86. The minimum Gasteiger partial charge on any atom is -0.372 e. The van der Waals surface area contributed by atoms with Crippen molar-refractivity contribution in [1.82, 2.24) is 14.7 Å². The van der Waals surface area contributed by atoms with Crippen LogP contribution >= 0.6 is 0 Å². The molecule has 1 amide bonds. The summed E-state index contributed by atoms with van der Waals surface area (Å²) in [4.78, 5) is 13.9. The molecule has 0 unspecified atom stereocenters. The van der Waals surface area contributed by atoms with Crippen LogP contribution in [-0.2, 0) is 16.1 Å². The number of amides is 1. The number of likely N-dealkylation sites (tertiary alicyclic amines) is 1. The standard InChI is InChI=1S/C14H20F3N3O2/c15-14(16,17)11-22-9-5-13(21)20-8-2-1-4-12(20)10-19-7-3-6-18-19/h3,6-7,12H,1-2,4-5,8-11H2/t12-/m0/s1. The summed E-state index contributed by atoms with van der Waals surface area (Å²) in [7, 11) is 0. The first kappa shape index (κ1) is 16.8. The van der Waals surface area contributed by atoms with Gasteiger partial charge in [-0.1, -0.05) is 0 Å². The Hall–Kier alpha value is -1.57. The smallest absolute Gasteiger partial charge is 0.372 e. The monoisotopic (exact) mass is 319 g/mol. The van der Waals surface area contributed by atoms with Gasteiger partial charge in [0, 0.05) is 18.9 Å². The van der Waals surface area contributed by atoms with Gasteiger partial charge in [-0.2, -0.15) is 18.3 Å². The van der Waals surface area contributed by atoms with Crippen LogP contribution in [0.5, 0.6) is 0 Å². The SMILES string of the molecule is O=C(CCOCC(F)(F)F)N1CCCC[C@H]1Cn1cccn1. The van der Waals surface area contributed by atoms with Gasteiger partial charge in [-0.25, -0.2) is 0 Å². The van der Waals surface area contributed by atoms with E-state index >= 15 is 0 Å². The average Bonchev–Trinajstić information content (AvgIpc) is 2.96. The van der Waals surface area contributed by atoms with Gasteiger partial charge in [0.25, 0.3) is 0 Å². The van der Waals surface area contributed by atoms with E-state index in [-0.39, 0.29) is 25.0 Å². The summed E-state index contributed by atoms with van der Waals surface area (Å²) in [5.74, 6) is -0.154. The van der Waals surface area contributed by atoms with Gasteiger partial charge in [-0.3, -0.25) is 9.48 Å². The lowest BCUT2D eigenvalue weighted by atomic mass is 10.0. The number of aromatic nitrogens is 2. The van der Waals surface area contributed by atoms with Crippen molar-refractivity contribution in [2.75, 3.05) is 19.8 Å². The number of rotatable bonds is 6. The Morgan fingerprint density at radius 1 is 1.36 bits per heavy atom. The second-order valence-corrected chi connectivity index (χ2v) is 5.38. The molecule has 8 heteroatoms. The topological polar surface area (TPSA) is 47.4 Å². The van der Waals surface area contributed by atoms with Crippen LogP contribution in [0.25, 0.3) is 0 Å². The predicted octanol–water partition coefficient (Wildman–Crippen LogP) is 2.23. The molecule has 0 aliphatic carbocycles. The lowest BCUT2D eigenvalue weighted by Gasteiger charge is -2.35. The van der Waals surface area contributed by atoms with E-state index < -0.39 is 12.8 Å². The van der Waals surface area contributed by atoms with Crippen molar-refractivity contribution in [3.8, 4) is 0 Å². The van der Waals surface area contributed by atoms with Crippen molar-refractivity contribution in [2.45, 2.75) is 44.4 Å². The zero-order valence-electron chi connectivity index (χ0n) is 12.3. The molecule has 0 N–H and O–H groups in total. The maximum Gasteiger partial charge on any atom is 0.411 e. The van der Waals surface area contributed by atoms with Crippen LogP contribution in [0.2, 0.25) is 0 Å². The van der Waals surface area contributed by atoms with Crippen LogP contribution in [0.3, 0.4) is 0 Å². The Morgan fingerprint density at radius 3 is 2.86 bits per heavy atom. The van der Waals surface area contributed by atoms with Crippen LogP contribution in [0.15, 0.2) is 18.5 Å². The van der Waals surface area contributed by atoms with E-state index in [0.29, 0.717) is 13.1 Å². The van der Waals surface area contributed by atoms with Crippen molar-refractivity contribution in [2.24, 2.45) is 0 Å². The van der Waals surface area contributed by atoms with Gasteiger partial charge < -0.3 is 9.64 Å². The summed E-state index contributed by atoms with van der Waals surface area (Å²) in [5, 5.41) is 4.14. The molecule has 1 aromatic rings. The van der Waals surface area contributed by atoms with E-state index in [1.807, 2.05) is 12.3 Å². The third-order valence-electron chi connectivity index (χ3n) is 3.63. The highest BCUT2D eigenvalue weighted by Crippen LogP contribution is 2.20. The third-order valence-corrected chi connectivity index (χ3v) is 3.63. The van der Waals surface area contributed by atoms with Crippen molar-refractivity contribution in [3.05, 3.63) is 18.5 Å². The van der Waals surface area contributed by atoms with E-state index in [9.17, 15) is 18.0 Å². The first-order chi connectivity index (χ1) is 10.5. The highest BCUT2D eigenvalue weighted by molar-refractivity contribution is 5.76. The number of nitrogens with zero attached hydrogens (tertiary/aromatic N) is 3. The quantitative estimate of drug-likeness (QED) is 0.756. The Kier molecular flexibility index (Phi) is 5.82. The molecule has 2 rings (SSSR count). The van der Waals surface area contributed by atoms with Crippen LogP contribution in [0.4, 0.5) is 13.2 Å². The summed E-state index contributed by atoms with van der Waals surface area (Å²) >= 11 is 0. The Bertz CT molecular complexity index is 462. The van der Waals surface area contributed by atoms with Gasteiger partial charge in [0.05, 0.1) is 25.6 Å². The lowest BCUT2D eigenvalue weighted by Crippen LogP contribution is -2.46. The van der Waals surface area contributed by atoms with Crippen LogP contribution in [0.1, 0.15) is 25.7 Å². The molecule has 0 bridgehead atoms. The molecule has 1 fully saturated rings. The highest BCUT2D eigenvalue weighted by atomic mass is 19.4. The number of carbonyl (C=O) groups is 1. The molecule has 1 saturated heterocycles. The van der Waals surface area contributed by atoms with Gasteiger partial charge in [-0.05, 0) is 25.3 Å². The van der Waals surface area contributed by atoms with Crippen LogP contribution < -0.4 is 0 Å². The van der Waals surface area contributed by atoms with Gasteiger partial charge >= 0.3 is 6.18 Å². The Labute approximate surface area is 127 Å². The second-order valence-electron chi connectivity index (χ2n) is 5.38. The molecule has 0 radical (unpaired) electrons. The minimum absolute atomic E-state index is 0.0221. The largest absolute Gasteiger partial charge is 0.411 e. The fourth-order valence-corrected chi connectivity index (χ4v) is 2.63. The van der Waals surface area contributed by atoms with Crippen molar-refractivity contribution < 1.29 is 22.7 Å². The molecule has 5 nitrogen and oxygen atoms in total. The molecule has 1 atom stereocenters. The molecular formula is C14H20F3N3O2. The molecule has 1 aliphatic rings. The zero-order chi connectivity index (χ0) is 16.0. The first-order valence-electron chi connectivity index (χ1n) is 7.37. The predicted molar refractivity (Wildman–Crippen MR) is 73.1 cm³/mol. The molecule has 22 heavy (non-hydrogen) atoms. The van der Waals surface area contributed by atoms with Crippen molar-refractivity contribution in [1.29, 1.82) is 0 Å². The number of halogens is 3. The average molecular weight is 319 g/mol. The number of carbonyl (C=O) groups excluding carboxylic acids is 1. The van der Waals surface area contributed by atoms with Crippen molar-refractivity contribution in [3.63, 3.8) is 0 Å². The highest BCUT2D eigenvalue weighted by Gasteiger charge is 2.29. The maximum atomic E-state index is 12.2. The van der Waals surface area contributed by atoms with Gasteiger partial charge in [-0.15, -0.1) is 0 Å². The zero-order valence-corrected chi connectivity index (χ0v) is 12.3. The Morgan fingerprint density at radius 2 is 2.18 bits per heavy atom. The molecule has 2 heterocycles. The second kappa shape index (κ2) is 7.62. The number of hydrogen-bond donors (Lipinski definition) is 0. The molecule has 1 aliphatic heterocycles. The third kappa shape index (κ3) is 5.32. The lowest BCUT2D eigenvalue weighted by molar-refractivity contribution is -0.175. The number of hydrogen-bond acceptors (Lipinski definition) is 3. The van der Waals surface area contributed by atoms with Crippen molar-refractivity contribution >= 4 is 5.91 Å². The van der Waals surface area contributed by atoms with Gasteiger partial charge in [0.15, 0.2) is 0 Å². The van der Waals surface area contributed by atoms with Gasteiger partial charge in [0.2, 0.25) is 5.91 Å². The number of piperidine rings is 1. The maximum absolute atomic E-state index is 12.2. The molecule has 124 valence electrons. The molecule has 1 aromatic heterocycles. The number of alkyl halides is 3. The van der Waals surface area contributed by atoms with Crippen LogP contribution in [-0.4, -0.2) is 52.6 Å². The normalized spacial score (nSPS) is 19.4. The summed E-state index contributed by atoms with van der Waals surface area (Å²) in [6.45, 7) is -0.257. The first-order valence-corrected chi connectivity index (χ1v) is 7.37. The van der Waals surface area contributed by atoms with E-state index in [1.54, 1.807) is 15.8 Å². The molecule has 0 saturated carbocycles. The Balaban J connectivity index is 1.80. The summed E-state index contributed by atoms with van der Waals surface area (Å²) in [5.41, 5.74) is 0. The van der Waals surface area contributed by atoms with E-state index in [2.05, 4.69) is 9.84 Å². The van der Waals surface area contributed by atoms with E-state index in [0.717, 1.165) is 19.3 Å². The van der Waals surface area contributed by atoms with Gasteiger partial charge in [0.1, 0.15) is 6.61 Å². The molecule has 0 spiro atoms. The van der Waals surface area contributed by atoms with E-state index in [1.165, 1.54) is 0 Å². The molecular weight excluding hydrogens is 299 g/mol. The summed E-state index contributed by atoms with van der Waals surface area (Å²) in [6.07, 6.45) is 1.99. The number of ether oxygens (including phenoxy) is 1. The van der Waals surface area contributed by atoms with Crippen LogP contribution in [0, 0.1) is 0 Å². The minimum atomic E-state index is -4.35. The fraction of sp³-hybridized carbons (Fsp3) is 0.714.